The highest BCUT2D eigenvalue weighted by Crippen LogP contribution is 2.24. The Hall–Kier alpha value is -0.950. The van der Waals surface area contributed by atoms with Crippen molar-refractivity contribution in [3.8, 4) is 0 Å². The van der Waals surface area contributed by atoms with Crippen LogP contribution in [0.3, 0.4) is 0 Å². The molecule has 4 nitrogen and oxygen atoms in total. The minimum Gasteiger partial charge on any atom is -0.313 e. The van der Waals surface area contributed by atoms with E-state index in [2.05, 4.69) is 25.4 Å². The van der Waals surface area contributed by atoms with Gasteiger partial charge in [-0.1, -0.05) is 19.1 Å². The quantitative estimate of drug-likeness (QED) is 0.533. The number of sulfonamides is 1. The Morgan fingerprint density at radius 1 is 1.35 bits per heavy atom. The second kappa shape index (κ2) is 8.36. The van der Waals surface area contributed by atoms with Crippen molar-refractivity contribution in [1.82, 2.24) is 9.62 Å². The van der Waals surface area contributed by atoms with E-state index in [1.807, 2.05) is 5.38 Å². The first-order valence-electron chi connectivity index (χ1n) is 6.56. The van der Waals surface area contributed by atoms with Crippen molar-refractivity contribution < 1.29 is 8.42 Å². The molecule has 0 unspecified atom stereocenters. The summed E-state index contributed by atoms with van der Waals surface area (Å²) in [5.41, 5.74) is 0.999. The van der Waals surface area contributed by atoms with Gasteiger partial charge in [0.25, 0.3) is 10.0 Å². The number of hydrogen-bond donors (Lipinski definition) is 1. The van der Waals surface area contributed by atoms with E-state index in [9.17, 15) is 8.42 Å². The molecule has 6 heteroatoms. The van der Waals surface area contributed by atoms with Gasteiger partial charge in [0.2, 0.25) is 0 Å². The fraction of sp³-hybridized carbons (Fsp3) is 0.429. The molecule has 1 aromatic heterocycles. The highest BCUT2D eigenvalue weighted by molar-refractivity contribution is 7.91. The standard InChI is InChI=1S/C14H22N2O2S2/c1-4-7-15-11-13-10-14(19-12-13)20(17,18)16(8-5-2)9-6-3/h5-6,10,12,15H,2-4,7-9,11H2,1H3. The Bertz CT molecular complexity index is 525. The normalized spacial score (nSPS) is 11.7. The van der Waals surface area contributed by atoms with Gasteiger partial charge in [0.1, 0.15) is 4.21 Å². The molecular weight excluding hydrogens is 292 g/mol. The minimum atomic E-state index is -3.45. The molecule has 0 amide bonds. The van der Waals surface area contributed by atoms with E-state index in [4.69, 9.17) is 0 Å². The third-order valence-corrected chi connectivity index (χ3v) is 5.94. The van der Waals surface area contributed by atoms with Crippen LogP contribution >= 0.6 is 11.3 Å². The summed E-state index contributed by atoms with van der Waals surface area (Å²) in [5.74, 6) is 0. The van der Waals surface area contributed by atoms with Crippen molar-refractivity contribution in [2.75, 3.05) is 19.6 Å². The van der Waals surface area contributed by atoms with E-state index in [1.54, 1.807) is 18.2 Å². The van der Waals surface area contributed by atoms with E-state index >= 15 is 0 Å². The van der Waals surface area contributed by atoms with Crippen molar-refractivity contribution in [3.63, 3.8) is 0 Å². The molecule has 0 fully saturated rings. The second-order valence-electron chi connectivity index (χ2n) is 4.35. The summed E-state index contributed by atoms with van der Waals surface area (Å²) >= 11 is 1.26. The summed E-state index contributed by atoms with van der Waals surface area (Å²) in [6.07, 6.45) is 4.22. The van der Waals surface area contributed by atoms with Crippen molar-refractivity contribution >= 4 is 21.4 Å². The predicted molar refractivity (Wildman–Crippen MR) is 85.5 cm³/mol. The van der Waals surface area contributed by atoms with Crippen LogP contribution in [-0.4, -0.2) is 32.4 Å². The van der Waals surface area contributed by atoms with Gasteiger partial charge < -0.3 is 5.32 Å². The van der Waals surface area contributed by atoms with Gasteiger partial charge in [0.05, 0.1) is 0 Å². The van der Waals surface area contributed by atoms with Gasteiger partial charge in [-0.2, -0.15) is 4.31 Å². The van der Waals surface area contributed by atoms with Crippen LogP contribution in [-0.2, 0) is 16.6 Å². The first-order valence-corrected chi connectivity index (χ1v) is 8.88. The SMILES string of the molecule is C=CCN(CC=C)S(=O)(=O)c1cc(CNCCC)cs1. The zero-order valence-corrected chi connectivity index (χ0v) is 13.5. The van der Waals surface area contributed by atoms with E-state index in [1.165, 1.54) is 15.6 Å². The molecule has 0 spiro atoms. The molecule has 20 heavy (non-hydrogen) atoms. The Morgan fingerprint density at radius 3 is 2.55 bits per heavy atom. The minimum absolute atomic E-state index is 0.287. The molecule has 1 rings (SSSR count). The molecule has 0 saturated carbocycles. The number of nitrogens with zero attached hydrogens (tertiary/aromatic N) is 1. The van der Waals surface area contributed by atoms with Gasteiger partial charge in [0, 0.05) is 19.6 Å². The third-order valence-electron chi connectivity index (χ3n) is 2.65. The molecule has 0 saturated heterocycles. The smallest absolute Gasteiger partial charge is 0.253 e. The second-order valence-corrected chi connectivity index (χ2v) is 7.43. The fourth-order valence-electron chi connectivity index (χ4n) is 1.68. The average molecular weight is 314 g/mol. The molecule has 1 aromatic rings. The van der Waals surface area contributed by atoms with Gasteiger partial charge >= 0.3 is 0 Å². The first kappa shape index (κ1) is 17.1. The Labute approximate surface area is 125 Å². The van der Waals surface area contributed by atoms with Gasteiger partial charge in [-0.15, -0.1) is 24.5 Å². The zero-order chi connectivity index (χ0) is 15.0. The summed E-state index contributed by atoms with van der Waals surface area (Å²) in [5, 5.41) is 5.15. The van der Waals surface area contributed by atoms with Crippen LogP contribution in [0.1, 0.15) is 18.9 Å². The van der Waals surface area contributed by atoms with Crippen LogP contribution in [0.15, 0.2) is 41.0 Å². The number of thiophene rings is 1. The summed E-state index contributed by atoms with van der Waals surface area (Å²) in [7, 11) is -3.45. The van der Waals surface area contributed by atoms with Crippen LogP contribution in [0, 0.1) is 0 Å². The van der Waals surface area contributed by atoms with Crippen LogP contribution in [0.25, 0.3) is 0 Å². The summed E-state index contributed by atoms with van der Waals surface area (Å²) in [6.45, 7) is 11.5. The van der Waals surface area contributed by atoms with Crippen molar-refractivity contribution in [1.29, 1.82) is 0 Å². The largest absolute Gasteiger partial charge is 0.313 e. The molecule has 0 aliphatic carbocycles. The lowest BCUT2D eigenvalue weighted by molar-refractivity contribution is 0.476. The average Bonchev–Trinajstić information content (AvgIpc) is 2.88. The summed E-state index contributed by atoms with van der Waals surface area (Å²) < 4.78 is 26.7. The molecule has 0 bridgehead atoms. The molecule has 1 heterocycles. The zero-order valence-electron chi connectivity index (χ0n) is 11.8. The van der Waals surface area contributed by atoms with E-state index in [0.717, 1.165) is 18.5 Å². The van der Waals surface area contributed by atoms with E-state index < -0.39 is 10.0 Å². The summed E-state index contributed by atoms with van der Waals surface area (Å²) in [6, 6.07) is 1.74. The van der Waals surface area contributed by atoms with Gasteiger partial charge in [-0.25, -0.2) is 8.42 Å². The fourth-order valence-corrected chi connectivity index (χ4v) is 4.42. The molecule has 0 aliphatic heterocycles. The van der Waals surface area contributed by atoms with Crippen LogP contribution in [0.4, 0.5) is 0 Å². The van der Waals surface area contributed by atoms with Crippen molar-refractivity contribution in [3.05, 3.63) is 42.3 Å². The monoisotopic (exact) mass is 314 g/mol. The maximum absolute atomic E-state index is 12.5. The third kappa shape index (κ3) is 4.56. The lowest BCUT2D eigenvalue weighted by Gasteiger charge is -2.17. The lowest BCUT2D eigenvalue weighted by atomic mass is 10.3. The Balaban J connectivity index is 2.85. The lowest BCUT2D eigenvalue weighted by Crippen LogP contribution is -2.30. The number of rotatable bonds is 10. The molecule has 0 aliphatic rings. The number of hydrogen-bond acceptors (Lipinski definition) is 4. The van der Waals surface area contributed by atoms with Crippen LogP contribution < -0.4 is 5.32 Å². The highest BCUT2D eigenvalue weighted by atomic mass is 32.2. The predicted octanol–water partition coefficient (Wildman–Crippen LogP) is 2.61. The van der Waals surface area contributed by atoms with Gasteiger partial charge in [-0.05, 0) is 30.0 Å². The van der Waals surface area contributed by atoms with Gasteiger partial charge in [-0.3, -0.25) is 0 Å². The molecule has 0 atom stereocenters. The van der Waals surface area contributed by atoms with Crippen molar-refractivity contribution in [2.45, 2.75) is 24.1 Å². The van der Waals surface area contributed by atoms with Crippen molar-refractivity contribution in [2.24, 2.45) is 0 Å². The molecule has 0 aromatic carbocycles. The molecule has 112 valence electrons. The summed E-state index contributed by atoms with van der Waals surface area (Å²) in [4.78, 5) is 0. The number of nitrogens with one attached hydrogen (secondary N) is 1. The maximum atomic E-state index is 12.5. The topological polar surface area (TPSA) is 49.4 Å². The highest BCUT2D eigenvalue weighted by Gasteiger charge is 2.24. The van der Waals surface area contributed by atoms with E-state index in [0.29, 0.717) is 10.8 Å². The molecule has 1 N–H and O–H groups in total. The molecule has 0 radical (unpaired) electrons. The first-order chi connectivity index (χ1) is 9.56. The van der Waals surface area contributed by atoms with Crippen LogP contribution in [0.5, 0.6) is 0 Å². The molecular formula is C14H22N2O2S2. The van der Waals surface area contributed by atoms with Crippen LogP contribution in [0.2, 0.25) is 0 Å². The maximum Gasteiger partial charge on any atom is 0.253 e. The Kier molecular flexibility index (Phi) is 7.15. The van der Waals surface area contributed by atoms with E-state index in [-0.39, 0.29) is 13.1 Å². The Morgan fingerprint density at radius 2 is 2.00 bits per heavy atom. The van der Waals surface area contributed by atoms with Gasteiger partial charge in [0.15, 0.2) is 0 Å².